The van der Waals surface area contributed by atoms with Gasteiger partial charge in [-0.1, -0.05) is 35.3 Å². The Morgan fingerprint density at radius 3 is 2.67 bits per heavy atom. The molecule has 0 amide bonds. The van der Waals surface area contributed by atoms with E-state index in [0.717, 1.165) is 28.9 Å². The molecule has 1 fully saturated rings. The summed E-state index contributed by atoms with van der Waals surface area (Å²) < 4.78 is 1.07. The molecule has 0 saturated heterocycles. The number of hydrogen-bond donors (Lipinski definition) is 2. The minimum Gasteiger partial charge on any atom is -0.394 e. The van der Waals surface area contributed by atoms with Crippen molar-refractivity contribution >= 4 is 21.6 Å². The van der Waals surface area contributed by atoms with Gasteiger partial charge in [0.1, 0.15) is 0 Å². The van der Waals surface area contributed by atoms with E-state index in [-0.39, 0.29) is 12.1 Å². The van der Waals surface area contributed by atoms with E-state index in [1.807, 2.05) is 12.1 Å². The molecule has 1 aromatic carbocycles. The Morgan fingerprint density at radius 1 is 1.39 bits per heavy atom. The van der Waals surface area contributed by atoms with Gasteiger partial charge in [-0.3, -0.25) is 0 Å². The predicted molar refractivity (Wildman–Crippen MR) is 79.8 cm³/mol. The van der Waals surface area contributed by atoms with Gasteiger partial charge in [0.25, 0.3) is 0 Å². The Balaban J connectivity index is 2.05. The fourth-order valence-corrected chi connectivity index (χ4v) is 3.23. The summed E-state index contributed by atoms with van der Waals surface area (Å²) in [6.07, 6.45) is 5.83. The van der Waals surface area contributed by atoms with Crippen molar-refractivity contribution in [3.8, 4) is 0 Å². The first-order chi connectivity index (χ1) is 8.67. The lowest BCUT2D eigenvalue weighted by atomic mass is 9.76. The molecule has 18 heavy (non-hydrogen) atoms. The topological polar surface area (TPSA) is 32.3 Å². The maximum atomic E-state index is 9.76. The molecule has 0 heterocycles. The van der Waals surface area contributed by atoms with Crippen molar-refractivity contribution in [3.05, 3.63) is 28.7 Å². The van der Waals surface area contributed by atoms with Gasteiger partial charge in [-0.2, -0.15) is 0 Å². The summed E-state index contributed by atoms with van der Waals surface area (Å²) in [5.74, 6) is 0.842. The first-order valence-electron chi connectivity index (χ1n) is 6.82. The minimum absolute atomic E-state index is 0.119. The fourth-order valence-electron chi connectivity index (χ4n) is 2.83. The molecule has 100 valence electrons. The Morgan fingerprint density at radius 2 is 2.11 bits per heavy atom. The van der Waals surface area contributed by atoms with Gasteiger partial charge in [0.2, 0.25) is 0 Å². The van der Waals surface area contributed by atoms with Crippen molar-refractivity contribution in [1.29, 1.82) is 0 Å². The third kappa shape index (κ3) is 3.27. The fraction of sp³-hybridized carbons (Fsp3) is 0.600. The summed E-state index contributed by atoms with van der Waals surface area (Å²) in [6.45, 7) is 2.48. The van der Waals surface area contributed by atoms with Gasteiger partial charge in [0.05, 0.1) is 12.1 Å². The molecule has 0 aliphatic heterocycles. The van der Waals surface area contributed by atoms with Crippen LogP contribution in [0.5, 0.6) is 0 Å². The standard InChI is InChI=1S/C15H22BrNO/c1-2-12-6-8-15(11-18,9-7-12)17-14-5-3-4-13(16)10-14/h3-5,10,12,17-18H,2,6-9,11H2,1H3. The Labute approximate surface area is 118 Å². The number of rotatable bonds is 4. The van der Waals surface area contributed by atoms with Gasteiger partial charge in [0, 0.05) is 10.2 Å². The lowest BCUT2D eigenvalue weighted by Crippen LogP contribution is -2.45. The molecule has 1 saturated carbocycles. The molecular weight excluding hydrogens is 290 g/mol. The van der Waals surface area contributed by atoms with E-state index in [1.54, 1.807) is 0 Å². The van der Waals surface area contributed by atoms with E-state index < -0.39 is 0 Å². The smallest absolute Gasteiger partial charge is 0.0661 e. The molecule has 3 heteroatoms. The molecule has 0 radical (unpaired) electrons. The van der Waals surface area contributed by atoms with E-state index in [9.17, 15) is 5.11 Å². The Hall–Kier alpha value is -0.540. The van der Waals surface area contributed by atoms with Gasteiger partial charge in [-0.15, -0.1) is 0 Å². The molecule has 0 spiro atoms. The molecule has 0 aromatic heterocycles. The second-order valence-electron chi connectivity index (χ2n) is 5.43. The molecule has 2 N–H and O–H groups in total. The van der Waals surface area contributed by atoms with Crippen LogP contribution in [-0.4, -0.2) is 17.3 Å². The summed E-state index contributed by atoms with van der Waals surface area (Å²) in [5.41, 5.74) is 0.972. The Bertz CT molecular complexity index is 386. The minimum atomic E-state index is -0.119. The van der Waals surface area contributed by atoms with Gasteiger partial charge < -0.3 is 10.4 Å². The first kappa shape index (κ1) is 13.9. The maximum Gasteiger partial charge on any atom is 0.0661 e. The lowest BCUT2D eigenvalue weighted by molar-refractivity contribution is 0.150. The molecule has 1 aromatic rings. The number of aliphatic hydroxyl groups excluding tert-OH is 1. The molecule has 2 rings (SSSR count). The van der Waals surface area contributed by atoms with Crippen LogP contribution in [0.1, 0.15) is 39.0 Å². The van der Waals surface area contributed by atoms with Crippen LogP contribution >= 0.6 is 15.9 Å². The SMILES string of the molecule is CCC1CCC(CO)(Nc2cccc(Br)c2)CC1. The van der Waals surface area contributed by atoms with Crippen LogP contribution in [0.3, 0.4) is 0 Å². The number of anilines is 1. The van der Waals surface area contributed by atoms with Crippen molar-refractivity contribution in [2.24, 2.45) is 5.92 Å². The van der Waals surface area contributed by atoms with Crippen LogP contribution in [0.2, 0.25) is 0 Å². The predicted octanol–water partition coefficient (Wildman–Crippen LogP) is 4.19. The van der Waals surface area contributed by atoms with Gasteiger partial charge >= 0.3 is 0 Å². The molecule has 0 unspecified atom stereocenters. The zero-order valence-electron chi connectivity index (χ0n) is 11.0. The lowest BCUT2D eigenvalue weighted by Gasteiger charge is -2.40. The van der Waals surface area contributed by atoms with E-state index in [4.69, 9.17) is 0 Å². The van der Waals surface area contributed by atoms with E-state index >= 15 is 0 Å². The number of benzene rings is 1. The van der Waals surface area contributed by atoms with Crippen LogP contribution in [0.25, 0.3) is 0 Å². The number of aliphatic hydroxyl groups is 1. The van der Waals surface area contributed by atoms with Gasteiger partial charge in [-0.05, 0) is 49.8 Å². The summed E-state index contributed by atoms with van der Waals surface area (Å²) in [6, 6.07) is 8.18. The molecule has 1 aliphatic rings. The summed E-state index contributed by atoms with van der Waals surface area (Å²) in [7, 11) is 0. The Kier molecular flexibility index (Phi) is 4.68. The molecule has 0 bridgehead atoms. The molecule has 0 atom stereocenters. The summed E-state index contributed by atoms with van der Waals surface area (Å²) in [4.78, 5) is 0. The highest BCUT2D eigenvalue weighted by Gasteiger charge is 2.34. The average molecular weight is 312 g/mol. The van der Waals surface area contributed by atoms with Crippen molar-refractivity contribution < 1.29 is 5.11 Å². The first-order valence-corrected chi connectivity index (χ1v) is 7.61. The zero-order valence-corrected chi connectivity index (χ0v) is 12.5. The summed E-state index contributed by atoms with van der Waals surface area (Å²) >= 11 is 3.48. The summed E-state index contributed by atoms with van der Waals surface area (Å²) in [5, 5.41) is 13.3. The highest BCUT2D eigenvalue weighted by Crippen LogP contribution is 2.36. The van der Waals surface area contributed by atoms with Crippen LogP contribution in [0, 0.1) is 5.92 Å². The highest BCUT2D eigenvalue weighted by atomic mass is 79.9. The van der Waals surface area contributed by atoms with Crippen molar-refractivity contribution in [2.75, 3.05) is 11.9 Å². The molecular formula is C15H22BrNO. The largest absolute Gasteiger partial charge is 0.394 e. The number of hydrogen-bond acceptors (Lipinski definition) is 2. The maximum absolute atomic E-state index is 9.76. The zero-order chi connectivity index (χ0) is 13.0. The monoisotopic (exact) mass is 311 g/mol. The molecule has 2 nitrogen and oxygen atoms in total. The second kappa shape index (κ2) is 6.07. The highest BCUT2D eigenvalue weighted by molar-refractivity contribution is 9.10. The second-order valence-corrected chi connectivity index (χ2v) is 6.34. The third-order valence-corrected chi connectivity index (χ3v) is 4.67. The van der Waals surface area contributed by atoms with Crippen LogP contribution in [0.4, 0.5) is 5.69 Å². The van der Waals surface area contributed by atoms with Crippen LogP contribution in [-0.2, 0) is 0 Å². The number of halogens is 1. The van der Waals surface area contributed by atoms with Crippen molar-refractivity contribution in [1.82, 2.24) is 0 Å². The normalized spacial score (nSPS) is 28.1. The third-order valence-electron chi connectivity index (χ3n) is 4.18. The molecule has 1 aliphatic carbocycles. The quantitative estimate of drug-likeness (QED) is 0.873. The van der Waals surface area contributed by atoms with Crippen LogP contribution in [0.15, 0.2) is 28.7 Å². The van der Waals surface area contributed by atoms with Crippen molar-refractivity contribution in [2.45, 2.75) is 44.6 Å². The number of nitrogens with one attached hydrogen (secondary N) is 1. The van der Waals surface area contributed by atoms with E-state index in [0.29, 0.717) is 0 Å². The van der Waals surface area contributed by atoms with Gasteiger partial charge in [-0.25, -0.2) is 0 Å². The van der Waals surface area contributed by atoms with Gasteiger partial charge in [0.15, 0.2) is 0 Å². The van der Waals surface area contributed by atoms with Crippen LogP contribution < -0.4 is 5.32 Å². The van der Waals surface area contributed by atoms with E-state index in [2.05, 4.69) is 40.3 Å². The van der Waals surface area contributed by atoms with Crippen molar-refractivity contribution in [3.63, 3.8) is 0 Å². The average Bonchev–Trinajstić information content (AvgIpc) is 2.39. The van der Waals surface area contributed by atoms with E-state index in [1.165, 1.54) is 19.3 Å².